The maximum Gasteiger partial charge on any atom is 0.280 e. The van der Waals surface area contributed by atoms with Gasteiger partial charge in [0.2, 0.25) is 0 Å². The number of hydrogen-bond acceptors (Lipinski definition) is 5. The third-order valence-corrected chi connectivity index (χ3v) is 4.40. The van der Waals surface area contributed by atoms with Crippen molar-refractivity contribution >= 4 is 17.2 Å². The summed E-state index contributed by atoms with van der Waals surface area (Å²) in [6.07, 6.45) is 0.461. The van der Waals surface area contributed by atoms with Gasteiger partial charge in [-0.05, 0) is 13.0 Å². The van der Waals surface area contributed by atoms with Gasteiger partial charge in [-0.1, -0.05) is 0 Å². The zero-order valence-electron chi connectivity index (χ0n) is 16.1. The average Bonchev–Trinajstić information content (AvgIpc) is 3.46. The van der Waals surface area contributed by atoms with Crippen LogP contribution in [0.4, 0.5) is 23.2 Å². The van der Waals surface area contributed by atoms with E-state index in [9.17, 15) is 22.4 Å². The number of amides is 1. The van der Waals surface area contributed by atoms with Gasteiger partial charge >= 0.3 is 0 Å². The van der Waals surface area contributed by atoms with Crippen molar-refractivity contribution in [2.45, 2.75) is 32.9 Å². The molecule has 0 atom stereocenters. The second-order valence-electron chi connectivity index (χ2n) is 6.59. The molecule has 0 saturated heterocycles. The molecule has 4 heterocycles. The molecule has 13 heteroatoms. The third-order valence-electron chi connectivity index (χ3n) is 4.40. The number of fused-ring (bicyclic) bond motifs is 1. The van der Waals surface area contributed by atoms with Gasteiger partial charge < -0.3 is 5.32 Å². The second kappa shape index (κ2) is 8.16. The van der Waals surface area contributed by atoms with Gasteiger partial charge in [-0.15, -0.1) is 0 Å². The van der Waals surface area contributed by atoms with Crippen molar-refractivity contribution in [2.24, 2.45) is 0 Å². The summed E-state index contributed by atoms with van der Waals surface area (Å²) in [6, 6.07) is 1.64. The summed E-state index contributed by atoms with van der Waals surface area (Å²) in [6.45, 7) is 3.13. The van der Waals surface area contributed by atoms with Crippen molar-refractivity contribution in [1.29, 1.82) is 0 Å². The molecule has 0 aliphatic rings. The Morgan fingerprint density at radius 1 is 1.06 bits per heavy atom. The molecule has 1 amide bonds. The molecule has 0 saturated carbocycles. The Kier molecular flexibility index (Phi) is 5.40. The standard InChI is InChI=1S/C18H16F4N8O/c1-2-28-7-10(5-23-28)8-29-9-11(6-24-29)25-18(31)13-4-15-26-12(16(19)20)3-14(17(21)22)30(15)27-13/h3-7,9,16-17H,2,8H2,1H3,(H,25,31). The molecule has 0 bridgehead atoms. The molecule has 162 valence electrons. The number of hydrogen-bond donors (Lipinski definition) is 1. The van der Waals surface area contributed by atoms with E-state index in [1.165, 1.54) is 6.20 Å². The SMILES string of the molecule is CCn1cc(Cn2cc(NC(=O)c3cc4nc(C(F)F)cc(C(F)F)n4n3)cn2)cn1. The summed E-state index contributed by atoms with van der Waals surface area (Å²) in [5.41, 5.74) is -0.856. The fraction of sp³-hybridized carbons (Fsp3) is 0.278. The Hall–Kier alpha value is -3.77. The molecule has 0 aliphatic heterocycles. The lowest BCUT2D eigenvalue weighted by Crippen LogP contribution is -2.12. The fourth-order valence-electron chi connectivity index (χ4n) is 2.95. The minimum atomic E-state index is -3.07. The highest BCUT2D eigenvalue weighted by molar-refractivity contribution is 6.03. The van der Waals surface area contributed by atoms with Crippen molar-refractivity contribution in [2.75, 3.05) is 5.32 Å². The Balaban J connectivity index is 1.53. The number of anilines is 1. The first-order valence-corrected chi connectivity index (χ1v) is 9.16. The summed E-state index contributed by atoms with van der Waals surface area (Å²) < 4.78 is 56.4. The summed E-state index contributed by atoms with van der Waals surface area (Å²) in [5.74, 6) is -0.720. The summed E-state index contributed by atoms with van der Waals surface area (Å²) in [4.78, 5) is 16.1. The van der Waals surface area contributed by atoms with Gasteiger partial charge in [0.25, 0.3) is 18.8 Å². The van der Waals surface area contributed by atoms with Gasteiger partial charge in [-0.3, -0.25) is 14.2 Å². The van der Waals surface area contributed by atoms with E-state index in [1.54, 1.807) is 21.8 Å². The Morgan fingerprint density at radius 2 is 1.84 bits per heavy atom. The number of carbonyl (C=O) groups excluding carboxylic acids is 1. The van der Waals surface area contributed by atoms with Crippen molar-refractivity contribution in [3.63, 3.8) is 0 Å². The van der Waals surface area contributed by atoms with Gasteiger partial charge in [0, 0.05) is 30.6 Å². The van der Waals surface area contributed by atoms with Gasteiger partial charge in [0.05, 0.1) is 24.6 Å². The van der Waals surface area contributed by atoms with E-state index in [4.69, 9.17) is 0 Å². The monoisotopic (exact) mass is 436 g/mol. The number of alkyl halides is 4. The number of aryl methyl sites for hydroxylation is 1. The Labute approximate surface area is 172 Å². The van der Waals surface area contributed by atoms with Crippen LogP contribution in [0.25, 0.3) is 5.65 Å². The molecule has 4 aromatic rings. The predicted octanol–water partition coefficient (Wildman–Crippen LogP) is 3.32. The molecule has 1 N–H and O–H groups in total. The molecular formula is C18H16F4N8O. The van der Waals surface area contributed by atoms with Gasteiger partial charge in [0.1, 0.15) is 11.4 Å². The molecule has 0 fully saturated rings. The number of rotatable bonds is 7. The number of aromatic nitrogens is 7. The van der Waals surface area contributed by atoms with Crippen LogP contribution >= 0.6 is 0 Å². The molecule has 4 aromatic heterocycles. The smallest absolute Gasteiger partial charge is 0.280 e. The van der Waals surface area contributed by atoms with Crippen LogP contribution in [-0.4, -0.2) is 40.1 Å². The summed E-state index contributed by atoms with van der Waals surface area (Å²) in [5, 5.41) is 14.7. The molecule has 9 nitrogen and oxygen atoms in total. The summed E-state index contributed by atoms with van der Waals surface area (Å²) in [7, 11) is 0. The van der Waals surface area contributed by atoms with E-state index < -0.39 is 30.1 Å². The molecule has 0 spiro atoms. The molecular weight excluding hydrogens is 420 g/mol. The zero-order chi connectivity index (χ0) is 22.1. The van der Waals surface area contributed by atoms with Crippen LogP contribution in [0.15, 0.2) is 36.9 Å². The second-order valence-corrected chi connectivity index (χ2v) is 6.59. The first kappa shape index (κ1) is 20.5. The molecule has 0 radical (unpaired) electrons. The third kappa shape index (κ3) is 4.25. The lowest BCUT2D eigenvalue weighted by Gasteiger charge is -2.06. The van der Waals surface area contributed by atoms with Crippen LogP contribution in [-0.2, 0) is 13.1 Å². The van der Waals surface area contributed by atoms with Crippen LogP contribution < -0.4 is 5.32 Å². The van der Waals surface area contributed by atoms with E-state index in [1.807, 2.05) is 13.1 Å². The largest absolute Gasteiger partial charge is 0.318 e. The topological polar surface area (TPSA) is 94.9 Å². The van der Waals surface area contributed by atoms with Crippen molar-refractivity contribution < 1.29 is 22.4 Å². The fourth-order valence-corrected chi connectivity index (χ4v) is 2.95. The van der Waals surface area contributed by atoms with E-state index in [2.05, 4.69) is 25.6 Å². The number of halogens is 4. The van der Waals surface area contributed by atoms with E-state index in [0.29, 0.717) is 22.8 Å². The first-order chi connectivity index (χ1) is 14.8. The minimum Gasteiger partial charge on any atom is -0.318 e. The highest BCUT2D eigenvalue weighted by Gasteiger charge is 2.22. The Bertz CT molecular complexity index is 1230. The maximum absolute atomic E-state index is 13.3. The normalized spacial score (nSPS) is 11.7. The highest BCUT2D eigenvalue weighted by atomic mass is 19.3. The van der Waals surface area contributed by atoms with Gasteiger partial charge in [0.15, 0.2) is 11.3 Å². The van der Waals surface area contributed by atoms with Crippen molar-refractivity contribution in [1.82, 2.24) is 34.2 Å². The predicted molar refractivity (Wildman–Crippen MR) is 100 cm³/mol. The lowest BCUT2D eigenvalue weighted by atomic mass is 10.3. The van der Waals surface area contributed by atoms with Crippen LogP contribution in [0, 0.1) is 0 Å². The minimum absolute atomic E-state index is 0.252. The maximum atomic E-state index is 13.3. The van der Waals surface area contributed by atoms with E-state index >= 15 is 0 Å². The highest BCUT2D eigenvalue weighted by Crippen LogP contribution is 2.25. The number of nitrogens with zero attached hydrogens (tertiary/aromatic N) is 7. The van der Waals surface area contributed by atoms with Crippen LogP contribution in [0.3, 0.4) is 0 Å². The molecule has 0 aromatic carbocycles. The van der Waals surface area contributed by atoms with Crippen LogP contribution in [0.5, 0.6) is 0 Å². The van der Waals surface area contributed by atoms with Crippen molar-refractivity contribution in [3.05, 3.63) is 59.6 Å². The van der Waals surface area contributed by atoms with Gasteiger partial charge in [-0.25, -0.2) is 27.1 Å². The van der Waals surface area contributed by atoms with E-state index in [0.717, 1.165) is 18.2 Å². The quantitative estimate of drug-likeness (QED) is 0.449. The molecule has 4 rings (SSSR count). The molecule has 31 heavy (non-hydrogen) atoms. The number of carbonyl (C=O) groups is 1. The van der Waals surface area contributed by atoms with Crippen LogP contribution in [0.1, 0.15) is 47.2 Å². The summed E-state index contributed by atoms with van der Waals surface area (Å²) >= 11 is 0. The Morgan fingerprint density at radius 3 is 2.52 bits per heavy atom. The first-order valence-electron chi connectivity index (χ1n) is 9.16. The lowest BCUT2D eigenvalue weighted by molar-refractivity contribution is 0.102. The number of nitrogens with one attached hydrogen (secondary N) is 1. The zero-order valence-corrected chi connectivity index (χ0v) is 16.1. The van der Waals surface area contributed by atoms with E-state index in [-0.39, 0.29) is 11.3 Å². The molecule has 0 aliphatic carbocycles. The molecule has 0 unspecified atom stereocenters. The average molecular weight is 436 g/mol. The van der Waals surface area contributed by atoms with Gasteiger partial charge in [-0.2, -0.15) is 15.3 Å². The van der Waals surface area contributed by atoms with Crippen LogP contribution in [0.2, 0.25) is 0 Å². The van der Waals surface area contributed by atoms with Crippen molar-refractivity contribution in [3.8, 4) is 0 Å².